The molecule has 3 heteroatoms. The Morgan fingerprint density at radius 2 is 2.30 bits per heavy atom. The maximum atomic E-state index is 6.06. The highest BCUT2D eigenvalue weighted by molar-refractivity contribution is 5.00. The molecule has 0 aromatic heterocycles. The van der Waals surface area contributed by atoms with E-state index in [9.17, 15) is 0 Å². The predicted octanol–water partition coefficient (Wildman–Crippen LogP) is 0.0966. The topological polar surface area (TPSA) is 44.5 Å². The van der Waals surface area contributed by atoms with Crippen molar-refractivity contribution in [3.05, 3.63) is 0 Å². The molecule has 2 aliphatic heterocycles. The molecule has 0 aromatic carbocycles. The zero-order valence-corrected chi connectivity index (χ0v) is 6.17. The van der Waals surface area contributed by atoms with Gasteiger partial charge in [-0.05, 0) is 6.42 Å². The molecule has 2 saturated heterocycles. The molecule has 2 fully saturated rings. The summed E-state index contributed by atoms with van der Waals surface area (Å²) in [5.41, 5.74) is 5.88. The molecule has 2 rings (SSSR count). The van der Waals surface area contributed by atoms with Gasteiger partial charge in [-0.1, -0.05) is 6.92 Å². The summed E-state index contributed by atoms with van der Waals surface area (Å²) in [7, 11) is 0. The Kier molecular flexibility index (Phi) is 1.27. The molecule has 0 amide bonds. The van der Waals surface area contributed by atoms with E-state index in [1.807, 2.05) is 0 Å². The van der Waals surface area contributed by atoms with E-state index in [4.69, 9.17) is 15.2 Å². The predicted molar refractivity (Wildman–Crippen MR) is 36.4 cm³/mol. The van der Waals surface area contributed by atoms with Crippen LogP contribution in [0.4, 0.5) is 0 Å². The first-order valence-corrected chi connectivity index (χ1v) is 3.75. The van der Waals surface area contributed by atoms with Gasteiger partial charge in [0.15, 0.2) is 6.29 Å². The van der Waals surface area contributed by atoms with E-state index < -0.39 is 0 Å². The van der Waals surface area contributed by atoms with Crippen LogP contribution in [0.2, 0.25) is 0 Å². The van der Waals surface area contributed by atoms with Crippen molar-refractivity contribution < 1.29 is 9.47 Å². The third-order valence-electron chi connectivity index (χ3n) is 2.66. The van der Waals surface area contributed by atoms with Crippen molar-refractivity contribution in [1.29, 1.82) is 0 Å². The Morgan fingerprint density at radius 1 is 1.50 bits per heavy atom. The minimum Gasteiger partial charge on any atom is -0.351 e. The Morgan fingerprint density at radius 3 is 3.00 bits per heavy atom. The van der Waals surface area contributed by atoms with Gasteiger partial charge in [0.2, 0.25) is 0 Å². The molecule has 0 radical (unpaired) electrons. The molecule has 0 bridgehead atoms. The van der Waals surface area contributed by atoms with Crippen LogP contribution < -0.4 is 5.73 Å². The Hall–Kier alpha value is -0.120. The average molecular weight is 143 g/mol. The number of nitrogens with two attached hydrogens (primary N) is 1. The monoisotopic (exact) mass is 143 g/mol. The summed E-state index contributed by atoms with van der Waals surface area (Å²) >= 11 is 0. The molecule has 10 heavy (non-hydrogen) atoms. The van der Waals surface area contributed by atoms with Crippen molar-refractivity contribution >= 4 is 0 Å². The quantitative estimate of drug-likeness (QED) is 0.523. The number of ether oxygens (including phenoxy) is 2. The van der Waals surface area contributed by atoms with Crippen LogP contribution in [0.3, 0.4) is 0 Å². The van der Waals surface area contributed by atoms with Crippen molar-refractivity contribution in [3.63, 3.8) is 0 Å². The molecular weight excluding hydrogens is 130 g/mol. The minimum absolute atomic E-state index is 0.123. The molecule has 3 atom stereocenters. The van der Waals surface area contributed by atoms with Crippen molar-refractivity contribution in [2.45, 2.75) is 25.2 Å². The lowest BCUT2D eigenvalue weighted by atomic mass is 9.87. The van der Waals surface area contributed by atoms with E-state index in [-0.39, 0.29) is 11.8 Å². The molecule has 0 spiro atoms. The molecule has 2 heterocycles. The van der Waals surface area contributed by atoms with Gasteiger partial charge in [0.05, 0.1) is 18.8 Å². The SMILES string of the molecule is CC1COC2OCCC12N. The van der Waals surface area contributed by atoms with E-state index in [1.165, 1.54) is 0 Å². The lowest BCUT2D eigenvalue weighted by Crippen LogP contribution is -2.48. The summed E-state index contributed by atoms with van der Waals surface area (Å²) in [6.07, 6.45) is 0.821. The Balaban J connectivity index is 2.21. The standard InChI is InChI=1S/C7H13NO2/c1-5-4-10-6-7(5,8)2-3-9-6/h5-6H,2-4,8H2,1H3. The fraction of sp³-hybridized carbons (Fsp3) is 1.00. The number of rotatable bonds is 0. The summed E-state index contributed by atoms with van der Waals surface area (Å²) in [6, 6.07) is 0. The van der Waals surface area contributed by atoms with Crippen molar-refractivity contribution in [1.82, 2.24) is 0 Å². The van der Waals surface area contributed by atoms with Gasteiger partial charge < -0.3 is 15.2 Å². The largest absolute Gasteiger partial charge is 0.351 e. The third-order valence-corrected chi connectivity index (χ3v) is 2.66. The molecule has 3 nitrogen and oxygen atoms in total. The average Bonchev–Trinajstić information content (AvgIpc) is 2.36. The smallest absolute Gasteiger partial charge is 0.175 e. The van der Waals surface area contributed by atoms with Gasteiger partial charge in [0, 0.05) is 5.92 Å². The van der Waals surface area contributed by atoms with E-state index >= 15 is 0 Å². The summed E-state index contributed by atoms with van der Waals surface area (Å²) in [5.74, 6) is 0.444. The highest BCUT2D eigenvalue weighted by Gasteiger charge is 2.50. The van der Waals surface area contributed by atoms with Crippen molar-refractivity contribution in [3.8, 4) is 0 Å². The zero-order chi connectivity index (χ0) is 7.19. The van der Waals surface area contributed by atoms with Crippen LogP contribution in [0, 0.1) is 5.92 Å². The minimum atomic E-state index is -0.181. The fourth-order valence-corrected chi connectivity index (χ4v) is 1.68. The van der Waals surface area contributed by atoms with Crippen LogP contribution in [0.15, 0.2) is 0 Å². The maximum Gasteiger partial charge on any atom is 0.175 e. The first kappa shape index (κ1) is 6.58. The molecule has 3 unspecified atom stereocenters. The molecule has 0 saturated carbocycles. The van der Waals surface area contributed by atoms with Crippen LogP contribution in [0.5, 0.6) is 0 Å². The molecule has 0 aliphatic carbocycles. The second kappa shape index (κ2) is 1.94. The van der Waals surface area contributed by atoms with Gasteiger partial charge in [-0.15, -0.1) is 0 Å². The second-order valence-electron chi connectivity index (χ2n) is 3.30. The molecule has 2 aliphatic rings. The molecular formula is C7H13NO2. The maximum absolute atomic E-state index is 6.06. The highest BCUT2D eigenvalue weighted by Crippen LogP contribution is 2.36. The van der Waals surface area contributed by atoms with E-state index in [0.29, 0.717) is 5.92 Å². The lowest BCUT2D eigenvalue weighted by Gasteiger charge is -2.23. The number of fused-ring (bicyclic) bond motifs is 1. The number of hydrogen-bond donors (Lipinski definition) is 1. The van der Waals surface area contributed by atoms with E-state index in [0.717, 1.165) is 19.6 Å². The Labute approximate surface area is 60.5 Å². The highest BCUT2D eigenvalue weighted by atomic mass is 16.7. The van der Waals surface area contributed by atoms with E-state index in [2.05, 4.69) is 6.92 Å². The van der Waals surface area contributed by atoms with Crippen molar-refractivity contribution in [2.24, 2.45) is 11.7 Å². The van der Waals surface area contributed by atoms with Gasteiger partial charge >= 0.3 is 0 Å². The summed E-state index contributed by atoms with van der Waals surface area (Å²) in [6.45, 7) is 3.63. The van der Waals surface area contributed by atoms with Gasteiger partial charge in [0.25, 0.3) is 0 Å². The summed E-state index contributed by atoms with van der Waals surface area (Å²) in [4.78, 5) is 0. The van der Waals surface area contributed by atoms with Crippen LogP contribution in [0.1, 0.15) is 13.3 Å². The van der Waals surface area contributed by atoms with E-state index in [1.54, 1.807) is 0 Å². The van der Waals surface area contributed by atoms with Crippen LogP contribution in [-0.4, -0.2) is 25.0 Å². The van der Waals surface area contributed by atoms with Crippen LogP contribution in [0.25, 0.3) is 0 Å². The molecule has 0 aromatic rings. The van der Waals surface area contributed by atoms with Gasteiger partial charge in [0.1, 0.15) is 0 Å². The normalized spacial score (nSPS) is 53.4. The first-order valence-electron chi connectivity index (χ1n) is 3.75. The fourth-order valence-electron chi connectivity index (χ4n) is 1.68. The van der Waals surface area contributed by atoms with Crippen LogP contribution in [-0.2, 0) is 9.47 Å². The lowest BCUT2D eigenvalue weighted by molar-refractivity contribution is -0.0949. The second-order valence-corrected chi connectivity index (χ2v) is 3.30. The van der Waals surface area contributed by atoms with Gasteiger partial charge in [-0.3, -0.25) is 0 Å². The van der Waals surface area contributed by atoms with Gasteiger partial charge in [-0.25, -0.2) is 0 Å². The summed E-state index contributed by atoms with van der Waals surface area (Å²) < 4.78 is 10.6. The van der Waals surface area contributed by atoms with Gasteiger partial charge in [-0.2, -0.15) is 0 Å². The molecule has 58 valence electrons. The molecule has 2 N–H and O–H groups in total. The third kappa shape index (κ3) is 0.654. The zero-order valence-electron chi connectivity index (χ0n) is 6.17. The summed E-state index contributed by atoms with van der Waals surface area (Å²) in [5, 5.41) is 0. The Bertz CT molecular complexity index is 151. The first-order chi connectivity index (χ1) is 4.73. The van der Waals surface area contributed by atoms with Crippen LogP contribution >= 0.6 is 0 Å². The van der Waals surface area contributed by atoms with Crippen molar-refractivity contribution in [2.75, 3.05) is 13.2 Å². The number of hydrogen-bond acceptors (Lipinski definition) is 3.